The minimum Gasteiger partial charge on any atom is -0.320 e. The van der Waals surface area contributed by atoms with Crippen molar-refractivity contribution in [2.24, 2.45) is 0 Å². The highest BCUT2D eigenvalue weighted by Gasteiger charge is 2.25. The number of rotatable bonds is 4. The Morgan fingerprint density at radius 2 is 1.08 bits per heavy atom. The maximum atomic E-state index is 4.80. The summed E-state index contributed by atoms with van der Waals surface area (Å²) >= 11 is 3.70. The predicted octanol–water partition coefficient (Wildman–Crippen LogP) is 1.39. The van der Waals surface area contributed by atoms with Crippen LogP contribution >= 0.6 is 22.7 Å². The summed E-state index contributed by atoms with van der Waals surface area (Å²) in [5.74, 6) is 0. The van der Waals surface area contributed by atoms with Crippen LogP contribution in [0.4, 0.5) is 0 Å². The molecule has 1 fully saturated rings. The van der Waals surface area contributed by atoms with Crippen LogP contribution in [0.5, 0.6) is 0 Å². The molecular formula is C20H22N4S2+2. The molecule has 0 bridgehead atoms. The van der Waals surface area contributed by atoms with Crippen molar-refractivity contribution in [3.63, 3.8) is 0 Å². The van der Waals surface area contributed by atoms with Crippen molar-refractivity contribution in [2.45, 2.75) is 13.1 Å². The number of hydrogen-bond donors (Lipinski definition) is 2. The lowest BCUT2D eigenvalue weighted by molar-refractivity contribution is -1.02. The first-order valence-electron chi connectivity index (χ1n) is 9.19. The number of quaternary nitrogens is 2. The Hall–Kier alpha value is -1.86. The average Bonchev–Trinajstić information content (AvgIpc) is 3.25. The molecule has 0 unspecified atom stereocenters. The highest BCUT2D eigenvalue weighted by atomic mass is 32.1. The summed E-state index contributed by atoms with van der Waals surface area (Å²) in [7, 11) is 0. The zero-order valence-electron chi connectivity index (χ0n) is 14.6. The highest BCUT2D eigenvalue weighted by molar-refractivity contribution is 7.18. The molecule has 0 spiro atoms. The highest BCUT2D eigenvalue weighted by Crippen LogP contribution is 2.21. The summed E-state index contributed by atoms with van der Waals surface area (Å²) in [6, 6.07) is 16.9. The van der Waals surface area contributed by atoms with Gasteiger partial charge in [0.05, 0.1) is 20.4 Å². The minimum absolute atomic E-state index is 1.06. The second kappa shape index (κ2) is 7.04. The van der Waals surface area contributed by atoms with Gasteiger partial charge in [-0.1, -0.05) is 24.3 Å². The number of fused-ring (bicyclic) bond motifs is 2. The maximum Gasteiger partial charge on any atom is 0.148 e. The molecule has 0 atom stereocenters. The Labute approximate surface area is 160 Å². The molecular weight excluding hydrogens is 360 g/mol. The fraction of sp³-hybridized carbons (Fsp3) is 0.300. The molecule has 132 valence electrons. The van der Waals surface area contributed by atoms with Gasteiger partial charge in [0.25, 0.3) is 0 Å². The quantitative estimate of drug-likeness (QED) is 0.559. The molecule has 2 aromatic carbocycles. The SMILES string of the molecule is c1ccc2sc(C[NH+]3CC[NH+](Cc4nc5ccccc5s4)CC3)nc2c1. The van der Waals surface area contributed by atoms with Crippen molar-refractivity contribution >= 4 is 43.1 Å². The largest absolute Gasteiger partial charge is 0.320 e. The van der Waals surface area contributed by atoms with Gasteiger partial charge in [0.1, 0.15) is 49.3 Å². The number of benzene rings is 2. The second-order valence-corrected chi connectivity index (χ2v) is 9.23. The summed E-state index contributed by atoms with van der Waals surface area (Å²) in [6.07, 6.45) is 0. The Morgan fingerprint density at radius 3 is 1.50 bits per heavy atom. The zero-order chi connectivity index (χ0) is 17.3. The van der Waals surface area contributed by atoms with Crippen LogP contribution in [-0.4, -0.2) is 36.1 Å². The molecule has 5 rings (SSSR count). The monoisotopic (exact) mass is 382 g/mol. The van der Waals surface area contributed by atoms with Crippen molar-refractivity contribution in [1.29, 1.82) is 0 Å². The molecule has 1 aliphatic rings. The van der Waals surface area contributed by atoms with Crippen LogP contribution in [-0.2, 0) is 13.1 Å². The van der Waals surface area contributed by atoms with E-state index in [0.717, 1.165) is 24.1 Å². The van der Waals surface area contributed by atoms with E-state index in [1.807, 2.05) is 22.7 Å². The number of para-hydroxylation sites is 2. The van der Waals surface area contributed by atoms with Gasteiger partial charge < -0.3 is 9.80 Å². The van der Waals surface area contributed by atoms with Gasteiger partial charge in [0.2, 0.25) is 0 Å². The number of nitrogens with one attached hydrogen (secondary N) is 2. The molecule has 4 aromatic rings. The lowest BCUT2D eigenvalue weighted by Crippen LogP contribution is -3.27. The molecule has 0 aliphatic carbocycles. The van der Waals surface area contributed by atoms with Gasteiger partial charge in [-0.05, 0) is 24.3 Å². The van der Waals surface area contributed by atoms with Crippen molar-refractivity contribution in [3.05, 3.63) is 58.5 Å². The van der Waals surface area contributed by atoms with Gasteiger partial charge in [-0.15, -0.1) is 22.7 Å². The van der Waals surface area contributed by atoms with Crippen LogP contribution in [0.15, 0.2) is 48.5 Å². The maximum absolute atomic E-state index is 4.80. The van der Waals surface area contributed by atoms with Gasteiger partial charge >= 0.3 is 0 Å². The van der Waals surface area contributed by atoms with Crippen LogP contribution in [0, 0.1) is 0 Å². The third kappa shape index (κ3) is 3.38. The van der Waals surface area contributed by atoms with E-state index in [2.05, 4.69) is 48.5 Å². The smallest absolute Gasteiger partial charge is 0.148 e. The molecule has 1 saturated heterocycles. The van der Waals surface area contributed by atoms with E-state index >= 15 is 0 Å². The number of aromatic nitrogens is 2. The number of piperazine rings is 1. The lowest BCUT2D eigenvalue weighted by atomic mass is 10.3. The van der Waals surface area contributed by atoms with Crippen molar-refractivity contribution in [3.8, 4) is 0 Å². The van der Waals surface area contributed by atoms with Gasteiger partial charge in [0, 0.05) is 0 Å². The molecule has 6 heteroatoms. The van der Waals surface area contributed by atoms with Crippen LogP contribution in [0.25, 0.3) is 20.4 Å². The van der Waals surface area contributed by atoms with E-state index in [9.17, 15) is 0 Å². The Balaban J connectivity index is 1.19. The van der Waals surface area contributed by atoms with Gasteiger partial charge in [-0.2, -0.15) is 0 Å². The first-order chi connectivity index (χ1) is 12.8. The summed E-state index contributed by atoms with van der Waals surface area (Å²) in [4.78, 5) is 12.9. The first kappa shape index (κ1) is 16.3. The molecule has 26 heavy (non-hydrogen) atoms. The Kier molecular flexibility index (Phi) is 4.42. The van der Waals surface area contributed by atoms with E-state index in [1.54, 1.807) is 9.80 Å². The molecule has 2 N–H and O–H groups in total. The van der Waals surface area contributed by atoms with Crippen molar-refractivity contribution in [2.75, 3.05) is 26.2 Å². The van der Waals surface area contributed by atoms with Crippen molar-refractivity contribution in [1.82, 2.24) is 9.97 Å². The summed E-state index contributed by atoms with van der Waals surface area (Å²) in [5.41, 5.74) is 2.29. The molecule has 0 saturated carbocycles. The first-order valence-corrected chi connectivity index (χ1v) is 10.8. The standard InChI is InChI=1S/C20H20N4S2/c1-3-7-17-15(5-1)21-19(25-17)13-23-9-11-24(12-10-23)14-20-22-16-6-2-4-8-18(16)26-20/h1-8H,9-14H2/p+2. The molecule has 4 nitrogen and oxygen atoms in total. The predicted molar refractivity (Wildman–Crippen MR) is 108 cm³/mol. The average molecular weight is 383 g/mol. The van der Waals surface area contributed by atoms with E-state index in [4.69, 9.17) is 9.97 Å². The van der Waals surface area contributed by atoms with E-state index in [0.29, 0.717) is 0 Å². The minimum atomic E-state index is 1.06. The summed E-state index contributed by atoms with van der Waals surface area (Å²) < 4.78 is 2.61. The van der Waals surface area contributed by atoms with Crippen LogP contribution in [0.2, 0.25) is 0 Å². The van der Waals surface area contributed by atoms with Gasteiger partial charge in [-0.3, -0.25) is 0 Å². The van der Waals surface area contributed by atoms with E-state index < -0.39 is 0 Å². The molecule has 3 heterocycles. The fourth-order valence-corrected chi connectivity index (χ4v) is 5.81. The van der Waals surface area contributed by atoms with E-state index in [1.165, 1.54) is 45.6 Å². The van der Waals surface area contributed by atoms with Crippen LogP contribution < -0.4 is 9.80 Å². The van der Waals surface area contributed by atoms with Crippen LogP contribution in [0.1, 0.15) is 10.0 Å². The summed E-state index contributed by atoms with van der Waals surface area (Å²) in [5, 5.41) is 2.55. The van der Waals surface area contributed by atoms with Gasteiger partial charge in [0.15, 0.2) is 0 Å². The Morgan fingerprint density at radius 1 is 0.654 bits per heavy atom. The fourth-order valence-electron chi connectivity index (χ4n) is 3.73. The molecule has 2 aromatic heterocycles. The number of hydrogen-bond acceptors (Lipinski definition) is 4. The van der Waals surface area contributed by atoms with Gasteiger partial charge in [-0.25, -0.2) is 9.97 Å². The topological polar surface area (TPSA) is 34.7 Å². The van der Waals surface area contributed by atoms with E-state index in [-0.39, 0.29) is 0 Å². The normalized spacial score (nSPS) is 20.8. The number of thiazole rings is 2. The number of nitrogens with zero attached hydrogens (tertiary/aromatic N) is 2. The third-order valence-corrected chi connectivity index (χ3v) is 7.22. The lowest BCUT2D eigenvalue weighted by Gasteiger charge is -2.28. The van der Waals surface area contributed by atoms with Crippen LogP contribution in [0.3, 0.4) is 0 Å². The molecule has 0 radical (unpaired) electrons. The molecule has 0 amide bonds. The Bertz CT molecular complexity index is 880. The second-order valence-electron chi connectivity index (χ2n) is 7.00. The zero-order valence-corrected chi connectivity index (χ0v) is 16.2. The summed E-state index contributed by atoms with van der Waals surface area (Å²) in [6.45, 7) is 7.00. The van der Waals surface area contributed by atoms with Crippen molar-refractivity contribution < 1.29 is 9.80 Å². The molecule has 1 aliphatic heterocycles. The third-order valence-electron chi connectivity index (χ3n) is 5.14.